The summed E-state index contributed by atoms with van der Waals surface area (Å²) in [5, 5.41) is 2.64. The predicted molar refractivity (Wildman–Crippen MR) is 61.8 cm³/mol. The molecule has 0 radical (unpaired) electrons. The van der Waals surface area contributed by atoms with Crippen molar-refractivity contribution >= 4 is 6.41 Å². The van der Waals surface area contributed by atoms with E-state index in [0.29, 0.717) is 13.0 Å². The molecule has 0 aliphatic rings. The van der Waals surface area contributed by atoms with E-state index in [2.05, 4.69) is 15.3 Å². The first-order valence-electron chi connectivity index (χ1n) is 5.16. The van der Waals surface area contributed by atoms with Gasteiger partial charge in [-0.05, 0) is 0 Å². The SMILES string of the molecule is O=CNCCc1[nH]cnc1-c1ccccc1. The van der Waals surface area contributed by atoms with Crippen LogP contribution in [0.5, 0.6) is 0 Å². The quantitative estimate of drug-likeness (QED) is 0.584. The van der Waals surface area contributed by atoms with Gasteiger partial charge in [0.25, 0.3) is 0 Å². The average Bonchev–Trinajstić information content (AvgIpc) is 2.79. The van der Waals surface area contributed by atoms with Gasteiger partial charge in [0.2, 0.25) is 6.41 Å². The largest absolute Gasteiger partial charge is 0.358 e. The second kappa shape index (κ2) is 5.11. The summed E-state index contributed by atoms with van der Waals surface area (Å²) in [7, 11) is 0. The maximum atomic E-state index is 10.2. The van der Waals surface area contributed by atoms with Crippen LogP contribution in [0, 0.1) is 0 Å². The topological polar surface area (TPSA) is 57.8 Å². The van der Waals surface area contributed by atoms with Crippen molar-refractivity contribution in [3.63, 3.8) is 0 Å². The number of amides is 1. The average molecular weight is 215 g/mol. The molecule has 0 unspecified atom stereocenters. The van der Waals surface area contributed by atoms with Crippen molar-refractivity contribution in [3.05, 3.63) is 42.4 Å². The zero-order chi connectivity index (χ0) is 11.2. The number of aromatic amines is 1. The molecule has 2 N–H and O–H groups in total. The summed E-state index contributed by atoms with van der Waals surface area (Å²) < 4.78 is 0. The Kier molecular flexibility index (Phi) is 3.33. The van der Waals surface area contributed by atoms with E-state index in [1.165, 1.54) is 0 Å². The van der Waals surface area contributed by atoms with Crippen LogP contribution in [0.15, 0.2) is 36.7 Å². The van der Waals surface area contributed by atoms with Gasteiger partial charge in [0.1, 0.15) is 0 Å². The maximum Gasteiger partial charge on any atom is 0.207 e. The van der Waals surface area contributed by atoms with Gasteiger partial charge in [-0.1, -0.05) is 30.3 Å². The van der Waals surface area contributed by atoms with E-state index in [1.807, 2.05) is 30.3 Å². The van der Waals surface area contributed by atoms with E-state index in [-0.39, 0.29) is 0 Å². The Bertz CT molecular complexity index is 450. The fourth-order valence-electron chi connectivity index (χ4n) is 1.61. The molecule has 0 bridgehead atoms. The van der Waals surface area contributed by atoms with Crippen molar-refractivity contribution in [1.82, 2.24) is 15.3 Å². The Morgan fingerprint density at radius 2 is 2.12 bits per heavy atom. The predicted octanol–water partition coefficient (Wildman–Crippen LogP) is 1.37. The summed E-state index contributed by atoms with van der Waals surface area (Å²) in [6.45, 7) is 0.617. The molecular weight excluding hydrogens is 202 g/mol. The third-order valence-electron chi connectivity index (χ3n) is 2.37. The molecule has 1 heterocycles. The van der Waals surface area contributed by atoms with E-state index >= 15 is 0 Å². The van der Waals surface area contributed by atoms with E-state index in [9.17, 15) is 4.79 Å². The van der Waals surface area contributed by atoms with Crippen LogP contribution in [-0.2, 0) is 11.2 Å². The standard InChI is InChI=1S/C12H13N3O/c16-9-13-7-6-11-12(15-8-14-11)10-4-2-1-3-5-10/h1-5,8-9H,6-7H2,(H,13,16)(H,14,15). The lowest BCUT2D eigenvalue weighted by Crippen LogP contribution is -2.14. The molecular formula is C12H13N3O. The smallest absolute Gasteiger partial charge is 0.207 e. The number of imidazole rings is 1. The van der Waals surface area contributed by atoms with Crippen molar-refractivity contribution in [3.8, 4) is 11.3 Å². The summed E-state index contributed by atoms with van der Waals surface area (Å²) in [5.41, 5.74) is 3.08. The van der Waals surface area contributed by atoms with E-state index < -0.39 is 0 Å². The first-order valence-corrected chi connectivity index (χ1v) is 5.16. The third-order valence-corrected chi connectivity index (χ3v) is 2.37. The Hall–Kier alpha value is -2.10. The normalized spacial score (nSPS) is 10.0. The van der Waals surface area contributed by atoms with Crippen LogP contribution in [0.1, 0.15) is 5.69 Å². The monoisotopic (exact) mass is 215 g/mol. The zero-order valence-corrected chi connectivity index (χ0v) is 8.81. The molecule has 16 heavy (non-hydrogen) atoms. The van der Waals surface area contributed by atoms with Gasteiger partial charge in [0, 0.05) is 24.2 Å². The van der Waals surface area contributed by atoms with Gasteiger partial charge < -0.3 is 10.3 Å². The van der Waals surface area contributed by atoms with Gasteiger partial charge in [-0.2, -0.15) is 0 Å². The van der Waals surface area contributed by atoms with Gasteiger partial charge in [-0.25, -0.2) is 4.98 Å². The lowest BCUT2D eigenvalue weighted by molar-refractivity contribution is -0.109. The Balaban J connectivity index is 2.16. The van der Waals surface area contributed by atoms with E-state index in [4.69, 9.17) is 0 Å². The molecule has 1 amide bonds. The number of rotatable bonds is 5. The summed E-state index contributed by atoms with van der Waals surface area (Å²) in [6.07, 6.45) is 3.14. The minimum atomic E-state index is 0.617. The van der Waals surface area contributed by atoms with Crippen molar-refractivity contribution < 1.29 is 4.79 Å². The van der Waals surface area contributed by atoms with Crippen LogP contribution in [-0.4, -0.2) is 22.9 Å². The highest BCUT2D eigenvalue weighted by Crippen LogP contribution is 2.19. The lowest BCUT2D eigenvalue weighted by atomic mass is 10.1. The van der Waals surface area contributed by atoms with E-state index in [1.54, 1.807) is 6.33 Å². The summed E-state index contributed by atoms with van der Waals surface area (Å²) in [5.74, 6) is 0. The second-order valence-electron chi connectivity index (χ2n) is 3.42. The molecule has 4 nitrogen and oxygen atoms in total. The number of nitrogens with zero attached hydrogens (tertiary/aromatic N) is 1. The number of H-pyrrole nitrogens is 1. The Labute approximate surface area is 93.7 Å². The van der Waals surface area contributed by atoms with Crippen molar-refractivity contribution in [2.24, 2.45) is 0 Å². The first-order chi connectivity index (χ1) is 7.92. The van der Waals surface area contributed by atoms with Crippen LogP contribution in [0.25, 0.3) is 11.3 Å². The minimum absolute atomic E-state index is 0.617. The third kappa shape index (κ3) is 2.28. The molecule has 0 spiro atoms. The first kappa shape index (κ1) is 10.4. The number of aromatic nitrogens is 2. The molecule has 82 valence electrons. The highest BCUT2D eigenvalue weighted by atomic mass is 16.1. The fraction of sp³-hybridized carbons (Fsp3) is 0.167. The highest BCUT2D eigenvalue weighted by Gasteiger charge is 2.06. The van der Waals surface area contributed by atoms with Gasteiger partial charge in [-0.3, -0.25) is 4.79 Å². The van der Waals surface area contributed by atoms with Crippen LogP contribution in [0.2, 0.25) is 0 Å². The summed E-state index contributed by atoms with van der Waals surface area (Å²) >= 11 is 0. The number of carbonyl (C=O) groups is 1. The number of hydrogen-bond donors (Lipinski definition) is 2. The van der Waals surface area contributed by atoms with Crippen molar-refractivity contribution in [2.45, 2.75) is 6.42 Å². The molecule has 0 saturated carbocycles. The van der Waals surface area contributed by atoms with Gasteiger partial charge in [-0.15, -0.1) is 0 Å². The number of hydrogen-bond acceptors (Lipinski definition) is 2. The molecule has 4 heteroatoms. The van der Waals surface area contributed by atoms with E-state index in [0.717, 1.165) is 23.4 Å². The summed E-state index contributed by atoms with van der Waals surface area (Å²) in [4.78, 5) is 17.5. The Morgan fingerprint density at radius 3 is 2.88 bits per heavy atom. The fourth-order valence-corrected chi connectivity index (χ4v) is 1.61. The Morgan fingerprint density at radius 1 is 1.31 bits per heavy atom. The number of nitrogens with one attached hydrogen (secondary N) is 2. The summed E-state index contributed by atoms with van der Waals surface area (Å²) in [6, 6.07) is 9.98. The molecule has 2 rings (SSSR count). The maximum absolute atomic E-state index is 10.2. The molecule has 0 fully saturated rings. The molecule has 0 aliphatic heterocycles. The molecule has 0 aliphatic carbocycles. The van der Waals surface area contributed by atoms with Crippen LogP contribution >= 0.6 is 0 Å². The molecule has 0 saturated heterocycles. The van der Waals surface area contributed by atoms with Crippen molar-refractivity contribution in [1.29, 1.82) is 0 Å². The van der Waals surface area contributed by atoms with Crippen LogP contribution in [0.3, 0.4) is 0 Å². The highest BCUT2D eigenvalue weighted by molar-refractivity contribution is 5.61. The number of benzene rings is 1. The van der Waals surface area contributed by atoms with Gasteiger partial charge in [0.05, 0.1) is 12.0 Å². The zero-order valence-electron chi connectivity index (χ0n) is 8.81. The molecule has 2 aromatic rings. The number of carbonyl (C=O) groups excluding carboxylic acids is 1. The molecule has 1 aromatic carbocycles. The molecule has 1 aromatic heterocycles. The van der Waals surface area contributed by atoms with Crippen LogP contribution < -0.4 is 5.32 Å². The minimum Gasteiger partial charge on any atom is -0.358 e. The molecule has 0 atom stereocenters. The van der Waals surface area contributed by atoms with Crippen molar-refractivity contribution in [2.75, 3.05) is 6.54 Å². The van der Waals surface area contributed by atoms with Gasteiger partial charge >= 0.3 is 0 Å². The van der Waals surface area contributed by atoms with Crippen LogP contribution in [0.4, 0.5) is 0 Å². The lowest BCUT2D eigenvalue weighted by Gasteiger charge is -2.02. The van der Waals surface area contributed by atoms with Gasteiger partial charge in [0.15, 0.2) is 0 Å². The second-order valence-corrected chi connectivity index (χ2v) is 3.42.